The van der Waals surface area contributed by atoms with Crippen molar-refractivity contribution < 1.29 is 39.2 Å². The Morgan fingerprint density at radius 1 is 1.20 bits per heavy atom. The fourth-order valence-electron chi connectivity index (χ4n) is 5.96. The Balaban J connectivity index is 1.53. The second-order valence-electron chi connectivity index (χ2n) is 9.94. The lowest BCUT2D eigenvalue weighted by atomic mass is 9.60. The smallest absolute Gasteiger partial charge is 0.238 e. The van der Waals surface area contributed by atoms with Crippen LogP contribution in [0.4, 0.5) is 10.1 Å². The highest BCUT2D eigenvalue weighted by Crippen LogP contribution is 2.52. The van der Waals surface area contributed by atoms with E-state index < -0.39 is 57.8 Å². The summed E-state index contributed by atoms with van der Waals surface area (Å²) in [4.78, 5) is 40.7. The fraction of sp³-hybridized carbons (Fsp3) is 0.480. The third-order valence-electron chi connectivity index (χ3n) is 7.86. The van der Waals surface area contributed by atoms with E-state index in [1.165, 1.54) is 6.92 Å². The van der Waals surface area contributed by atoms with Crippen LogP contribution in [0.25, 0.3) is 0 Å². The van der Waals surface area contributed by atoms with Gasteiger partial charge in [-0.1, -0.05) is 0 Å². The van der Waals surface area contributed by atoms with E-state index in [1.807, 2.05) is 4.90 Å². The van der Waals surface area contributed by atoms with Gasteiger partial charge in [-0.25, -0.2) is 4.39 Å². The topological polar surface area (TPSA) is 147 Å². The molecule has 3 atom stereocenters. The van der Waals surface area contributed by atoms with Crippen LogP contribution in [0.1, 0.15) is 48.5 Å². The lowest BCUT2D eigenvalue weighted by Crippen LogP contribution is -2.55. The van der Waals surface area contributed by atoms with Crippen LogP contribution >= 0.6 is 0 Å². The van der Waals surface area contributed by atoms with Gasteiger partial charge in [0.1, 0.15) is 11.6 Å². The first-order valence-electron chi connectivity index (χ1n) is 11.7. The number of nitrogens with one attached hydrogen (secondary N) is 1. The molecule has 4 aliphatic rings. The van der Waals surface area contributed by atoms with Gasteiger partial charge in [0.15, 0.2) is 17.1 Å². The fourth-order valence-corrected chi connectivity index (χ4v) is 5.96. The zero-order valence-electron chi connectivity index (χ0n) is 19.2. The largest absolute Gasteiger partial charge is 0.512 e. The molecule has 1 fully saturated rings. The zero-order chi connectivity index (χ0) is 25.2. The Hall–Kier alpha value is -3.24. The Bertz CT molecular complexity index is 1230. The van der Waals surface area contributed by atoms with Gasteiger partial charge in [-0.3, -0.25) is 19.3 Å². The summed E-state index contributed by atoms with van der Waals surface area (Å²) in [6.07, 6.45) is 1.87. The maximum absolute atomic E-state index is 15.1. The highest BCUT2D eigenvalue weighted by atomic mass is 19.1. The van der Waals surface area contributed by atoms with Gasteiger partial charge in [0.25, 0.3) is 0 Å². The molecule has 1 aromatic rings. The Kier molecular flexibility index (Phi) is 5.48. The zero-order valence-corrected chi connectivity index (χ0v) is 19.2. The number of phenolic OH excluding ortho intramolecular Hbond substituents is 1. The number of hydrogen-bond donors (Lipinski definition) is 5. The molecule has 5 N–H and O–H groups in total. The highest BCUT2D eigenvalue weighted by Gasteiger charge is 2.58. The van der Waals surface area contributed by atoms with E-state index in [-0.39, 0.29) is 54.0 Å². The summed E-state index contributed by atoms with van der Waals surface area (Å²) in [6, 6.07) is 0.971. The first-order valence-corrected chi connectivity index (χ1v) is 11.7. The standard InChI is InChI=1S/C25H27FN2O7/c1-11-17(29)8-13-6-12-7-14-15(26)9-16(27-18(30)10-28-4-2-3-5-28)21(31)20(14)22(32)19(12)24(34)25(13,35)23(11)33/h9,12-13,29,31,34-35H,2-8,10H2,1H3,(H,27,30)/t12?,13-,25+/m0/s1. The number of likely N-dealkylation sites (tertiary alicyclic amines) is 1. The third-order valence-corrected chi connectivity index (χ3v) is 7.86. The molecule has 0 bridgehead atoms. The number of carbonyl (C=O) groups is 3. The number of ketones is 2. The van der Waals surface area contributed by atoms with Crippen LogP contribution in [0, 0.1) is 17.7 Å². The summed E-state index contributed by atoms with van der Waals surface area (Å²) in [6.45, 7) is 2.92. The number of nitrogens with zero attached hydrogens (tertiary/aromatic N) is 1. The number of phenols is 1. The molecule has 1 heterocycles. The maximum Gasteiger partial charge on any atom is 0.238 e. The molecule has 1 unspecified atom stereocenters. The molecule has 35 heavy (non-hydrogen) atoms. The first-order chi connectivity index (χ1) is 16.5. The van der Waals surface area contributed by atoms with Crippen molar-refractivity contribution in [3.63, 3.8) is 0 Å². The molecule has 1 aromatic carbocycles. The van der Waals surface area contributed by atoms with Crippen molar-refractivity contribution in [2.75, 3.05) is 25.0 Å². The second kappa shape index (κ2) is 8.17. The number of hydrogen-bond acceptors (Lipinski definition) is 8. The maximum atomic E-state index is 15.1. The average Bonchev–Trinajstić information content (AvgIpc) is 3.31. The molecule has 186 valence electrons. The van der Waals surface area contributed by atoms with E-state index in [1.54, 1.807) is 0 Å². The Labute approximate surface area is 200 Å². The molecule has 10 heteroatoms. The Morgan fingerprint density at radius 3 is 2.57 bits per heavy atom. The van der Waals surface area contributed by atoms with Crippen LogP contribution in [-0.4, -0.2) is 68.0 Å². The molecule has 0 aromatic heterocycles. The van der Waals surface area contributed by atoms with Crippen LogP contribution in [0.3, 0.4) is 0 Å². The summed E-state index contributed by atoms with van der Waals surface area (Å²) < 4.78 is 15.1. The number of anilines is 1. The number of aliphatic hydroxyl groups excluding tert-OH is 2. The van der Waals surface area contributed by atoms with Crippen molar-refractivity contribution in [1.29, 1.82) is 0 Å². The molecular formula is C25H27FN2O7. The summed E-state index contributed by atoms with van der Waals surface area (Å²) in [5.74, 6) is -6.31. The molecule has 1 saturated heterocycles. The van der Waals surface area contributed by atoms with Crippen molar-refractivity contribution in [2.45, 2.75) is 44.6 Å². The van der Waals surface area contributed by atoms with E-state index in [0.29, 0.717) is 0 Å². The molecule has 1 amide bonds. The number of aromatic hydroxyl groups is 1. The summed E-state index contributed by atoms with van der Waals surface area (Å²) in [7, 11) is 0. The number of benzene rings is 1. The lowest BCUT2D eigenvalue weighted by Gasteiger charge is -2.45. The van der Waals surface area contributed by atoms with Crippen LogP contribution in [-0.2, 0) is 16.0 Å². The lowest BCUT2D eigenvalue weighted by molar-refractivity contribution is -0.142. The van der Waals surface area contributed by atoms with E-state index in [0.717, 1.165) is 32.0 Å². The number of amides is 1. The normalized spacial score (nSPS) is 28.7. The number of halogens is 1. The van der Waals surface area contributed by atoms with E-state index >= 15 is 4.39 Å². The number of rotatable bonds is 3. The van der Waals surface area contributed by atoms with E-state index in [9.17, 15) is 34.8 Å². The van der Waals surface area contributed by atoms with Gasteiger partial charge in [0.05, 0.1) is 23.6 Å². The van der Waals surface area contributed by atoms with Crippen LogP contribution in [0.15, 0.2) is 28.7 Å². The monoisotopic (exact) mass is 486 g/mol. The quantitative estimate of drug-likeness (QED) is 0.409. The van der Waals surface area contributed by atoms with Gasteiger partial charge in [0, 0.05) is 35.1 Å². The minimum absolute atomic E-state index is 0.0542. The number of Topliss-reactive ketones (excluding diaryl/α,β-unsaturated/α-hetero) is 2. The minimum atomic E-state index is -2.38. The summed E-state index contributed by atoms with van der Waals surface area (Å²) >= 11 is 0. The summed E-state index contributed by atoms with van der Waals surface area (Å²) in [5.41, 5.74) is -3.47. The van der Waals surface area contributed by atoms with Gasteiger partial charge in [0.2, 0.25) is 11.7 Å². The number of fused-ring (bicyclic) bond motifs is 3. The molecule has 3 aliphatic carbocycles. The second-order valence-corrected chi connectivity index (χ2v) is 9.94. The number of allylic oxidation sites excluding steroid dienone is 2. The van der Waals surface area contributed by atoms with E-state index in [4.69, 9.17) is 0 Å². The van der Waals surface area contributed by atoms with Crippen LogP contribution in [0.2, 0.25) is 0 Å². The van der Waals surface area contributed by atoms with Crippen molar-refractivity contribution >= 4 is 23.2 Å². The van der Waals surface area contributed by atoms with Gasteiger partial charge >= 0.3 is 0 Å². The molecular weight excluding hydrogens is 459 g/mol. The summed E-state index contributed by atoms with van der Waals surface area (Å²) in [5, 5.41) is 45.6. The van der Waals surface area contributed by atoms with Crippen molar-refractivity contribution in [2.24, 2.45) is 11.8 Å². The van der Waals surface area contributed by atoms with Crippen LogP contribution in [0.5, 0.6) is 5.75 Å². The number of aliphatic hydroxyl groups is 3. The van der Waals surface area contributed by atoms with Crippen molar-refractivity contribution in [3.05, 3.63) is 45.7 Å². The van der Waals surface area contributed by atoms with Crippen molar-refractivity contribution in [1.82, 2.24) is 4.90 Å². The third kappa shape index (κ3) is 3.46. The molecule has 5 rings (SSSR count). The SMILES string of the molecule is CC1=C(O)C[C@@H]2CC3Cc4c(F)cc(NC(=O)CN5CCCC5)c(O)c4C(=O)C3=C(O)[C@]2(O)C1=O. The van der Waals surface area contributed by atoms with Crippen molar-refractivity contribution in [3.8, 4) is 5.75 Å². The van der Waals surface area contributed by atoms with Gasteiger partial charge in [-0.05, 0) is 51.6 Å². The number of carbonyl (C=O) groups excluding carboxylic acids is 3. The molecule has 0 spiro atoms. The minimum Gasteiger partial charge on any atom is -0.512 e. The first kappa shape index (κ1) is 23.5. The van der Waals surface area contributed by atoms with E-state index in [2.05, 4.69) is 5.32 Å². The molecule has 0 saturated carbocycles. The van der Waals surface area contributed by atoms with Gasteiger partial charge < -0.3 is 25.7 Å². The molecule has 0 radical (unpaired) electrons. The highest BCUT2D eigenvalue weighted by molar-refractivity contribution is 6.16. The predicted molar refractivity (Wildman–Crippen MR) is 122 cm³/mol. The average molecular weight is 486 g/mol. The van der Waals surface area contributed by atoms with Gasteiger partial charge in [-0.15, -0.1) is 0 Å². The molecule has 1 aliphatic heterocycles. The van der Waals surface area contributed by atoms with Gasteiger partial charge in [-0.2, -0.15) is 0 Å². The predicted octanol–water partition coefficient (Wildman–Crippen LogP) is 2.29. The molecule has 9 nitrogen and oxygen atoms in total. The Morgan fingerprint density at radius 2 is 1.89 bits per heavy atom. The van der Waals surface area contributed by atoms with Crippen LogP contribution < -0.4 is 5.32 Å².